The molecule has 2 amide bonds. The molecule has 0 atom stereocenters. The van der Waals surface area contributed by atoms with Gasteiger partial charge in [0.05, 0.1) is 5.69 Å². The van der Waals surface area contributed by atoms with Gasteiger partial charge in [-0.2, -0.15) is 0 Å². The first-order chi connectivity index (χ1) is 7.99. The summed E-state index contributed by atoms with van der Waals surface area (Å²) < 4.78 is 0.948. The lowest BCUT2D eigenvalue weighted by Crippen LogP contribution is -2.43. The van der Waals surface area contributed by atoms with E-state index in [2.05, 4.69) is 15.9 Å². The molecule has 2 rings (SSSR count). The van der Waals surface area contributed by atoms with Crippen LogP contribution in [-0.2, 0) is 9.59 Å². The Bertz CT molecular complexity index is 466. The molecule has 3 nitrogen and oxygen atoms in total. The van der Waals surface area contributed by atoms with Crippen molar-refractivity contribution in [1.82, 2.24) is 0 Å². The van der Waals surface area contributed by atoms with Gasteiger partial charge in [0, 0.05) is 17.3 Å². The standard InChI is InChI=1S/C13H14BrNO2/c1-8-5-12(16)15(13(17)6-8)11-4-3-10(14)7-9(11)2/h3-4,7-8H,5-6H2,1-2H3. The first kappa shape index (κ1) is 12.3. The maximum Gasteiger partial charge on any atom is 0.234 e. The van der Waals surface area contributed by atoms with Crippen LogP contribution in [0, 0.1) is 12.8 Å². The van der Waals surface area contributed by atoms with Gasteiger partial charge in [0.25, 0.3) is 0 Å². The van der Waals surface area contributed by atoms with E-state index in [1.54, 1.807) is 0 Å². The van der Waals surface area contributed by atoms with Crippen LogP contribution in [0.1, 0.15) is 25.3 Å². The fourth-order valence-electron chi connectivity index (χ4n) is 2.13. The van der Waals surface area contributed by atoms with Gasteiger partial charge in [0.2, 0.25) is 11.8 Å². The second kappa shape index (κ2) is 4.61. The van der Waals surface area contributed by atoms with E-state index in [9.17, 15) is 9.59 Å². The first-order valence-electron chi connectivity index (χ1n) is 5.61. The Hall–Kier alpha value is -1.16. The Balaban J connectivity index is 2.38. The van der Waals surface area contributed by atoms with Crippen LogP contribution in [0.4, 0.5) is 5.69 Å². The van der Waals surface area contributed by atoms with Crippen LogP contribution in [0.3, 0.4) is 0 Å². The van der Waals surface area contributed by atoms with Crippen molar-refractivity contribution >= 4 is 33.4 Å². The van der Waals surface area contributed by atoms with Crippen molar-refractivity contribution in [2.45, 2.75) is 26.7 Å². The van der Waals surface area contributed by atoms with E-state index in [0.717, 1.165) is 10.0 Å². The summed E-state index contributed by atoms with van der Waals surface area (Å²) >= 11 is 3.37. The number of benzene rings is 1. The highest BCUT2D eigenvalue weighted by Crippen LogP contribution is 2.29. The van der Waals surface area contributed by atoms with Gasteiger partial charge >= 0.3 is 0 Å². The zero-order valence-electron chi connectivity index (χ0n) is 9.87. The molecule has 0 saturated carbocycles. The van der Waals surface area contributed by atoms with Gasteiger partial charge in [-0.05, 0) is 36.6 Å². The van der Waals surface area contributed by atoms with Crippen LogP contribution in [0.2, 0.25) is 0 Å². The molecule has 1 fully saturated rings. The van der Waals surface area contributed by atoms with Crippen LogP contribution < -0.4 is 4.90 Å². The molecule has 1 aliphatic heterocycles. The first-order valence-corrected chi connectivity index (χ1v) is 6.40. The molecule has 0 bridgehead atoms. The molecule has 0 unspecified atom stereocenters. The van der Waals surface area contributed by atoms with Gasteiger partial charge in [-0.25, -0.2) is 0 Å². The number of rotatable bonds is 1. The van der Waals surface area contributed by atoms with Crippen molar-refractivity contribution in [2.24, 2.45) is 5.92 Å². The third-order valence-electron chi connectivity index (χ3n) is 2.94. The molecule has 90 valence electrons. The van der Waals surface area contributed by atoms with Crippen molar-refractivity contribution in [1.29, 1.82) is 0 Å². The van der Waals surface area contributed by atoms with Crippen LogP contribution in [0.25, 0.3) is 0 Å². The second-order valence-electron chi connectivity index (χ2n) is 4.57. The monoisotopic (exact) mass is 295 g/mol. The van der Waals surface area contributed by atoms with Crippen molar-refractivity contribution in [2.75, 3.05) is 4.90 Å². The maximum atomic E-state index is 11.9. The highest BCUT2D eigenvalue weighted by molar-refractivity contribution is 9.10. The number of nitrogens with zero attached hydrogens (tertiary/aromatic N) is 1. The smallest absolute Gasteiger partial charge is 0.234 e. The molecule has 0 radical (unpaired) electrons. The molecule has 1 saturated heterocycles. The zero-order valence-corrected chi connectivity index (χ0v) is 11.5. The molecular formula is C13H14BrNO2. The van der Waals surface area contributed by atoms with E-state index in [1.165, 1.54) is 4.90 Å². The summed E-state index contributed by atoms with van der Waals surface area (Å²) in [5, 5.41) is 0. The highest BCUT2D eigenvalue weighted by Gasteiger charge is 2.32. The van der Waals surface area contributed by atoms with E-state index in [-0.39, 0.29) is 17.7 Å². The van der Waals surface area contributed by atoms with Crippen LogP contribution in [0.15, 0.2) is 22.7 Å². The molecule has 1 heterocycles. The van der Waals surface area contributed by atoms with Crippen molar-refractivity contribution in [3.63, 3.8) is 0 Å². The molecule has 0 N–H and O–H groups in total. The third kappa shape index (κ3) is 2.41. The average Bonchev–Trinajstić information content (AvgIpc) is 2.19. The van der Waals surface area contributed by atoms with E-state index in [4.69, 9.17) is 0 Å². The molecule has 17 heavy (non-hydrogen) atoms. The lowest BCUT2D eigenvalue weighted by molar-refractivity contribution is -0.130. The maximum absolute atomic E-state index is 11.9. The Morgan fingerprint density at radius 1 is 1.24 bits per heavy atom. The SMILES string of the molecule is Cc1cc(Br)ccc1N1C(=O)CC(C)CC1=O. The molecule has 0 aliphatic carbocycles. The largest absolute Gasteiger partial charge is 0.274 e. The topological polar surface area (TPSA) is 37.4 Å². The number of hydrogen-bond donors (Lipinski definition) is 0. The Morgan fingerprint density at radius 2 is 1.82 bits per heavy atom. The number of anilines is 1. The number of amides is 2. The fraction of sp³-hybridized carbons (Fsp3) is 0.385. The number of halogens is 1. The lowest BCUT2D eigenvalue weighted by Gasteiger charge is -2.29. The van der Waals surface area contributed by atoms with Gasteiger partial charge in [-0.15, -0.1) is 0 Å². The summed E-state index contributed by atoms with van der Waals surface area (Å²) in [5.41, 5.74) is 1.63. The minimum atomic E-state index is -0.0980. The van der Waals surface area contributed by atoms with Crippen LogP contribution in [-0.4, -0.2) is 11.8 Å². The number of imide groups is 1. The number of aryl methyl sites for hydroxylation is 1. The van der Waals surface area contributed by atoms with E-state index < -0.39 is 0 Å². The molecule has 1 aliphatic rings. The minimum absolute atomic E-state index is 0.0980. The van der Waals surface area contributed by atoms with Gasteiger partial charge in [0.15, 0.2) is 0 Å². The van der Waals surface area contributed by atoms with Crippen LogP contribution in [0.5, 0.6) is 0 Å². The van der Waals surface area contributed by atoms with Crippen molar-refractivity contribution < 1.29 is 9.59 Å². The fourth-order valence-corrected chi connectivity index (χ4v) is 2.60. The predicted octanol–water partition coefficient (Wildman–Crippen LogP) is 3.05. The van der Waals surface area contributed by atoms with Gasteiger partial charge in [0.1, 0.15) is 0 Å². The zero-order chi connectivity index (χ0) is 12.6. The second-order valence-corrected chi connectivity index (χ2v) is 5.48. The summed E-state index contributed by atoms with van der Waals surface area (Å²) in [5.74, 6) is -0.0413. The summed E-state index contributed by atoms with van der Waals surface area (Å²) in [6, 6.07) is 5.57. The number of piperidine rings is 1. The van der Waals surface area contributed by atoms with E-state index in [1.807, 2.05) is 32.0 Å². The molecule has 1 aromatic rings. The van der Waals surface area contributed by atoms with Gasteiger partial charge < -0.3 is 0 Å². The van der Waals surface area contributed by atoms with E-state index in [0.29, 0.717) is 18.5 Å². The minimum Gasteiger partial charge on any atom is -0.274 e. The van der Waals surface area contributed by atoms with Crippen LogP contribution >= 0.6 is 15.9 Å². The van der Waals surface area contributed by atoms with Gasteiger partial charge in [-0.3, -0.25) is 14.5 Å². The molecule has 1 aromatic carbocycles. The Kier molecular flexibility index (Phi) is 3.33. The van der Waals surface area contributed by atoms with E-state index >= 15 is 0 Å². The summed E-state index contributed by atoms with van der Waals surface area (Å²) in [6.07, 6.45) is 0.891. The molecule has 4 heteroatoms. The number of carbonyl (C=O) groups is 2. The lowest BCUT2D eigenvalue weighted by atomic mass is 9.97. The predicted molar refractivity (Wildman–Crippen MR) is 69.8 cm³/mol. The summed E-state index contributed by atoms with van der Waals surface area (Å²) in [6.45, 7) is 3.83. The normalized spacial score (nSPS) is 17.7. The molecule has 0 spiro atoms. The number of carbonyl (C=O) groups excluding carboxylic acids is 2. The van der Waals surface area contributed by atoms with Crippen molar-refractivity contribution in [3.8, 4) is 0 Å². The third-order valence-corrected chi connectivity index (χ3v) is 3.44. The molecule has 0 aromatic heterocycles. The Labute approximate surface area is 109 Å². The highest BCUT2D eigenvalue weighted by atomic mass is 79.9. The summed E-state index contributed by atoms with van der Waals surface area (Å²) in [7, 11) is 0. The van der Waals surface area contributed by atoms with Crippen molar-refractivity contribution in [3.05, 3.63) is 28.2 Å². The number of hydrogen-bond acceptors (Lipinski definition) is 2. The average molecular weight is 296 g/mol. The quantitative estimate of drug-likeness (QED) is 0.747. The molecular weight excluding hydrogens is 282 g/mol. The summed E-state index contributed by atoms with van der Waals surface area (Å²) in [4.78, 5) is 25.2. The van der Waals surface area contributed by atoms with Gasteiger partial charge in [-0.1, -0.05) is 22.9 Å². The Morgan fingerprint density at radius 3 is 2.35 bits per heavy atom.